The minimum atomic E-state index is -1.06. The molecule has 8 heteroatoms. The first-order chi connectivity index (χ1) is 9.39. The van der Waals surface area contributed by atoms with Crippen LogP contribution in [-0.2, 0) is 16.9 Å². The second kappa shape index (κ2) is 8.84. The molecule has 1 atom stereocenters. The average Bonchev–Trinajstić information content (AvgIpc) is 2.82. The third-order valence-electron chi connectivity index (χ3n) is 2.98. The molecule has 0 aliphatic carbocycles. The van der Waals surface area contributed by atoms with Gasteiger partial charge in [-0.2, -0.15) is 0 Å². The number of aryl methyl sites for hydroxylation is 1. The van der Waals surface area contributed by atoms with Gasteiger partial charge >= 0.3 is 0 Å². The number of hydrogen-bond acceptors (Lipinski definition) is 4. The van der Waals surface area contributed by atoms with Gasteiger partial charge in [-0.1, -0.05) is 28.1 Å². The van der Waals surface area contributed by atoms with Gasteiger partial charge in [-0.25, -0.2) is 4.98 Å². The summed E-state index contributed by atoms with van der Waals surface area (Å²) in [4.78, 5) is 16.6. The van der Waals surface area contributed by atoms with Crippen molar-refractivity contribution in [1.82, 2.24) is 10.3 Å². The third kappa shape index (κ3) is 5.21. The fraction of sp³-hybridized carbons (Fsp3) is 0.286. The number of carbonyl (C=O) groups is 1. The predicted molar refractivity (Wildman–Crippen MR) is 98.9 cm³/mol. The number of hydrogen-bond donors (Lipinski definition) is 2. The summed E-state index contributed by atoms with van der Waals surface area (Å²) in [5.74, 6) is -0.215. The van der Waals surface area contributed by atoms with Crippen LogP contribution in [-0.4, -0.2) is 10.9 Å². The lowest BCUT2D eigenvalue weighted by Crippen LogP contribution is -2.48. The Morgan fingerprint density at radius 1 is 1.36 bits per heavy atom. The number of halogens is 3. The SMILES string of the molecule is Cc1csc(CNC(=O)C(C)(N)c2ccc(Br)cc2)n1.Cl.Cl. The Kier molecular flexibility index (Phi) is 8.57. The highest BCUT2D eigenvalue weighted by atomic mass is 79.9. The summed E-state index contributed by atoms with van der Waals surface area (Å²) < 4.78 is 0.954. The van der Waals surface area contributed by atoms with Gasteiger partial charge in [0.2, 0.25) is 5.91 Å². The molecule has 1 heterocycles. The lowest BCUT2D eigenvalue weighted by atomic mass is 9.92. The molecule has 0 bridgehead atoms. The van der Waals surface area contributed by atoms with Crippen molar-refractivity contribution in [3.05, 3.63) is 50.4 Å². The smallest absolute Gasteiger partial charge is 0.244 e. The van der Waals surface area contributed by atoms with Crippen molar-refractivity contribution in [2.75, 3.05) is 0 Å². The van der Waals surface area contributed by atoms with Crippen LogP contribution in [0.2, 0.25) is 0 Å². The molecule has 4 nitrogen and oxygen atoms in total. The fourth-order valence-electron chi connectivity index (χ4n) is 1.75. The molecule has 0 saturated carbocycles. The number of nitrogens with two attached hydrogens (primary N) is 1. The van der Waals surface area contributed by atoms with Crippen LogP contribution in [0.15, 0.2) is 34.1 Å². The maximum atomic E-state index is 12.3. The van der Waals surface area contributed by atoms with Gasteiger partial charge in [0.05, 0.1) is 6.54 Å². The first-order valence-corrected chi connectivity index (χ1v) is 7.81. The lowest BCUT2D eigenvalue weighted by Gasteiger charge is -2.24. The second-order valence-corrected chi connectivity index (χ2v) is 6.63. The van der Waals surface area contributed by atoms with E-state index < -0.39 is 5.54 Å². The number of amides is 1. The minimum absolute atomic E-state index is 0. The van der Waals surface area contributed by atoms with Crippen LogP contribution in [0.4, 0.5) is 0 Å². The van der Waals surface area contributed by atoms with E-state index in [1.807, 2.05) is 36.6 Å². The Balaban J connectivity index is 0.00000220. The summed E-state index contributed by atoms with van der Waals surface area (Å²) in [5.41, 5.74) is 6.83. The van der Waals surface area contributed by atoms with Gasteiger partial charge in [-0.05, 0) is 31.5 Å². The largest absolute Gasteiger partial charge is 0.348 e. The summed E-state index contributed by atoms with van der Waals surface area (Å²) in [5, 5.41) is 5.67. The lowest BCUT2D eigenvalue weighted by molar-refractivity contribution is -0.126. The molecule has 22 heavy (non-hydrogen) atoms. The van der Waals surface area contributed by atoms with Crippen LogP contribution < -0.4 is 11.1 Å². The van der Waals surface area contributed by atoms with Crippen LogP contribution in [0.5, 0.6) is 0 Å². The monoisotopic (exact) mass is 425 g/mol. The number of aromatic nitrogens is 1. The number of rotatable bonds is 4. The maximum Gasteiger partial charge on any atom is 0.244 e. The van der Waals surface area contributed by atoms with Gasteiger partial charge in [-0.15, -0.1) is 36.2 Å². The molecule has 1 aromatic heterocycles. The summed E-state index contributed by atoms with van der Waals surface area (Å²) >= 11 is 4.89. The van der Waals surface area contributed by atoms with Crippen LogP contribution in [0.3, 0.4) is 0 Å². The Bertz CT molecular complexity index is 617. The molecular weight excluding hydrogens is 409 g/mol. The van der Waals surface area contributed by atoms with Crippen molar-refractivity contribution in [3.63, 3.8) is 0 Å². The first kappa shape index (κ1) is 21.3. The Morgan fingerprint density at radius 2 is 1.95 bits per heavy atom. The summed E-state index contributed by atoms with van der Waals surface area (Å²) in [7, 11) is 0. The van der Waals surface area contributed by atoms with Crippen LogP contribution in [0, 0.1) is 6.92 Å². The average molecular weight is 427 g/mol. The molecule has 0 saturated heterocycles. The minimum Gasteiger partial charge on any atom is -0.348 e. The molecule has 0 fully saturated rings. The van der Waals surface area contributed by atoms with E-state index in [0.717, 1.165) is 20.7 Å². The molecular formula is C14H18BrCl2N3OS. The van der Waals surface area contributed by atoms with Crippen molar-refractivity contribution in [2.24, 2.45) is 5.73 Å². The van der Waals surface area contributed by atoms with Gasteiger partial charge in [0.1, 0.15) is 10.5 Å². The number of nitrogens with zero attached hydrogens (tertiary/aromatic N) is 1. The molecule has 1 aromatic carbocycles. The third-order valence-corrected chi connectivity index (χ3v) is 4.48. The van der Waals surface area contributed by atoms with E-state index in [1.54, 1.807) is 6.92 Å². The quantitative estimate of drug-likeness (QED) is 0.785. The zero-order chi connectivity index (χ0) is 14.8. The van der Waals surface area contributed by atoms with Crippen molar-refractivity contribution in [3.8, 4) is 0 Å². The zero-order valence-electron chi connectivity index (χ0n) is 12.1. The van der Waals surface area contributed by atoms with Crippen molar-refractivity contribution >= 4 is 58.0 Å². The van der Waals surface area contributed by atoms with Crippen molar-refractivity contribution in [2.45, 2.75) is 25.9 Å². The van der Waals surface area contributed by atoms with E-state index in [-0.39, 0.29) is 30.7 Å². The topological polar surface area (TPSA) is 68.0 Å². The van der Waals surface area contributed by atoms with Crippen molar-refractivity contribution < 1.29 is 4.79 Å². The zero-order valence-corrected chi connectivity index (χ0v) is 16.2. The highest BCUT2D eigenvalue weighted by Gasteiger charge is 2.30. The number of benzene rings is 1. The Labute approximate surface area is 154 Å². The molecule has 1 unspecified atom stereocenters. The number of nitrogens with one attached hydrogen (secondary N) is 1. The van der Waals surface area contributed by atoms with Crippen LogP contribution >= 0.6 is 52.1 Å². The molecule has 0 radical (unpaired) electrons. The van der Waals surface area contributed by atoms with Crippen molar-refractivity contribution in [1.29, 1.82) is 0 Å². The molecule has 1 amide bonds. The molecule has 0 spiro atoms. The fourth-order valence-corrected chi connectivity index (χ4v) is 2.73. The summed E-state index contributed by atoms with van der Waals surface area (Å²) in [6.45, 7) is 4.04. The van der Waals surface area contributed by atoms with Gasteiger partial charge in [0.15, 0.2) is 0 Å². The van der Waals surface area contributed by atoms with Gasteiger partial charge < -0.3 is 11.1 Å². The molecule has 3 N–H and O–H groups in total. The number of carbonyl (C=O) groups excluding carboxylic acids is 1. The predicted octanol–water partition coefficient (Wildman–Crippen LogP) is 3.55. The Hall–Kier alpha value is -0.660. The van der Waals surface area contributed by atoms with E-state index in [9.17, 15) is 4.79 Å². The second-order valence-electron chi connectivity index (χ2n) is 4.77. The van der Waals surface area contributed by atoms with Gasteiger partial charge in [0, 0.05) is 15.5 Å². The molecule has 0 aliphatic heterocycles. The van der Waals surface area contributed by atoms with E-state index in [0.29, 0.717) is 6.54 Å². The Morgan fingerprint density at radius 3 is 2.45 bits per heavy atom. The van der Waals surface area contributed by atoms with E-state index >= 15 is 0 Å². The van der Waals surface area contributed by atoms with Crippen LogP contribution in [0.25, 0.3) is 0 Å². The van der Waals surface area contributed by atoms with Gasteiger partial charge in [-0.3, -0.25) is 4.79 Å². The van der Waals surface area contributed by atoms with E-state index in [2.05, 4.69) is 26.2 Å². The highest BCUT2D eigenvalue weighted by Crippen LogP contribution is 2.21. The summed E-state index contributed by atoms with van der Waals surface area (Å²) in [6, 6.07) is 7.43. The number of thiazole rings is 1. The summed E-state index contributed by atoms with van der Waals surface area (Å²) in [6.07, 6.45) is 0. The molecule has 2 rings (SSSR count). The highest BCUT2D eigenvalue weighted by molar-refractivity contribution is 9.10. The molecule has 2 aromatic rings. The van der Waals surface area contributed by atoms with E-state index in [4.69, 9.17) is 5.73 Å². The first-order valence-electron chi connectivity index (χ1n) is 6.14. The van der Waals surface area contributed by atoms with Crippen LogP contribution in [0.1, 0.15) is 23.2 Å². The molecule has 122 valence electrons. The van der Waals surface area contributed by atoms with Gasteiger partial charge in [0.25, 0.3) is 0 Å². The standard InChI is InChI=1S/C14H16BrN3OS.2ClH/c1-9-8-20-12(18-9)7-17-13(19)14(2,16)10-3-5-11(15)6-4-10;;/h3-6,8H,7,16H2,1-2H3,(H,17,19);2*1H. The van der Waals surface area contributed by atoms with E-state index in [1.165, 1.54) is 11.3 Å². The molecule has 0 aliphatic rings. The normalized spacial score (nSPS) is 12.5. The maximum absolute atomic E-state index is 12.3.